The lowest BCUT2D eigenvalue weighted by Gasteiger charge is -2.07. The molecule has 0 aromatic rings. The van der Waals surface area contributed by atoms with Crippen molar-refractivity contribution < 1.29 is 9.84 Å². The van der Waals surface area contributed by atoms with Crippen LogP contribution in [0.25, 0.3) is 0 Å². The van der Waals surface area contributed by atoms with Gasteiger partial charge >= 0.3 is 0 Å². The zero-order chi connectivity index (χ0) is 8.53. The quantitative estimate of drug-likeness (QED) is 0.461. The van der Waals surface area contributed by atoms with E-state index in [1.54, 1.807) is 6.21 Å². The third-order valence-corrected chi connectivity index (χ3v) is 1.16. The number of rotatable bonds is 6. The number of nitrogens with zero attached hydrogens (tertiary/aromatic N) is 1. The summed E-state index contributed by atoms with van der Waals surface area (Å²) in [4.78, 5) is 3.58. The molecule has 0 rings (SSSR count). The molecule has 1 atom stereocenters. The first kappa shape index (κ1) is 10.3. The van der Waals surface area contributed by atoms with E-state index in [2.05, 4.69) is 11.6 Å². The summed E-state index contributed by atoms with van der Waals surface area (Å²) in [5.74, 6) is 0. The van der Waals surface area contributed by atoms with E-state index in [9.17, 15) is 0 Å². The van der Waals surface area contributed by atoms with Crippen molar-refractivity contribution in [3.63, 3.8) is 0 Å². The van der Waals surface area contributed by atoms with Gasteiger partial charge in [-0.3, -0.25) is 4.99 Å². The molecule has 0 saturated carbocycles. The predicted octanol–water partition coefficient (Wildman–Crippen LogP) is 0.988. The molecule has 0 radical (unpaired) electrons. The van der Waals surface area contributed by atoms with E-state index < -0.39 is 0 Å². The zero-order valence-corrected chi connectivity index (χ0v) is 6.86. The Morgan fingerprint density at radius 2 is 2.45 bits per heavy atom. The fourth-order valence-electron chi connectivity index (χ4n) is 0.620. The van der Waals surface area contributed by atoms with Gasteiger partial charge in [0.15, 0.2) is 0 Å². The maximum absolute atomic E-state index is 8.27. The summed E-state index contributed by atoms with van der Waals surface area (Å²) in [5.41, 5.74) is 0. The molecule has 0 fully saturated rings. The molecule has 0 unspecified atom stereocenters. The Morgan fingerprint density at radius 1 is 1.73 bits per heavy atom. The molecule has 0 aliphatic carbocycles. The average Bonchev–Trinajstić information content (AvgIpc) is 1.99. The van der Waals surface area contributed by atoms with Crippen LogP contribution in [0.2, 0.25) is 0 Å². The molecule has 0 aromatic carbocycles. The van der Waals surface area contributed by atoms with Gasteiger partial charge in [-0.2, -0.15) is 0 Å². The number of aliphatic hydroxyl groups is 1. The van der Waals surface area contributed by atoms with Crippen LogP contribution < -0.4 is 0 Å². The first-order valence-electron chi connectivity index (χ1n) is 3.63. The second-order valence-electron chi connectivity index (χ2n) is 2.17. The van der Waals surface area contributed by atoms with E-state index in [-0.39, 0.29) is 12.8 Å². The highest BCUT2D eigenvalue weighted by Gasteiger charge is 1.95. The van der Waals surface area contributed by atoms with Crippen LogP contribution in [-0.2, 0) is 4.74 Å². The summed E-state index contributed by atoms with van der Waals surface area (Å²) in [5, 5.41) is 8.27. The molecule has 0 spiro atoms. The normalized spacial score (nSPS) is 13.6. The number of aliphatic imine (C=N–C) groups is 1. The summed E-state index contributed by atoms with van der Waals surface area (Å²) >= 11 is 0. The molecule has 0 heterocycles. The van der Waals surface area contributed by atoms with Crippen molar-refractivity contribution in [1.29, 1.82) is 0 Å². The highest BCUT2D eigenvalue weighted by molar-refractivity contribution is 5.58. The van der Waals surface area contributed by atoms with Crippen LogP contribution in [0, 0.1) is 0 Å². The lowest BCUT2D eigenvalue weighted by molar-refractivity contribution is 0.100. The van der Waals surface area contributed by atoms with Crippen LogP contribution >= 0.6 is 0 Å². The highest BCUT2D eigenvalue weighted by Crippen LogP contribution is 1.95. The molecular weight excluding hydrogens is 142 g/mol. The van der Waals surface area contributed by atoms with Crippen LogP contribution in [0.3, 0.4) is 0 Å². The van der Waals surface area contributed by atoms with Gasteiger partial charge in [-0.05, 0) is 13.3 Å². The second kappa shape index (κ2) is 7.44. The van der Waals surface area contributed by atoms with Crippen LogP contribution in [0.4, 0.5) is 0 Å². The number of hydrogen-bond acceptors (Lipinski definition) is 3. The van der Waals surface area contributed by atoms with Crippen molar-refractivity contribution >= 4 is 6.21 Å². The Balaban J connectivity index is 3.22. The molecule has 0 aromatic heterocycles. The van der Waals surface area contributed by atoms with Gasteiger partial charge in [-0.25, -0.2) is 0 Å². The Labute approximate surface area is 67.4 Å². The molecule has 1 N–H and O–H groups in total. The predicted molar refractivity (Wildman–Crippen MR) is 45.8 cm³/mol. The molecule has 0 aliphatic rings. The third kappa shape index (κ3) is 7.22. The van der Waals surface area contributed by atoms with Crippen molar-refractivity contribution in [1.82, 2.24) is 0 Å². The SMILES string of the molecule is C=CC[C@H](C)OCC=NCO. The van der Waals surface area contributed by atoms with Crippen molar-refractivity contribution in [3.8, 4) is 0 Å². The number of ether oxygens (including phenoxy) is 1. The van der Waals surface area contributed by atoms with Crippen molar-refractivity contribution in [2.45, 2.75) is 19.4 Å². The van der Waals surface area contributed by atoms with E-state index >= 15 is 0 Å². The Kier molecular flexibility index (Phi) is 6.98. The standard InChI is InChI=1S/C8H15NO2/c1-3-4-8(2)11-6-5-9-7-10/h3,5,8,10H,1,4,6-7H2,2H3/t8-/m0/s1. The Hall–Kier alpha value is -0.670. The molecule has 3 heteroatoms. The van der Waals surface area contributed by atoms with Gasteiger partial charge in [0, 0.05) is 6.21 Å². The van der Waals surface area contributed by atoms with Gasteiger partial charge in [0.2, 0.25) is 0 Å². The minimum absolute atomic E-state index is 0.167. The Bertz CT molecular complexity index is 123. The van der Waals surface area contributed by atoms with Gasteiger partial charge in [0.1, 0.15) is 6.73 Å². The fraction of sp³-hybridized carbons (Fsp3) is 0.625. The number of aliphatic hydroxyl groups excluding tert-OH is 1. The topological polar surface area (TPSA) is 41.8 Å². The number of hydrogen-bond donors (Lipinski definition) is 1. The summed E-state index contributed by atoms with van der Waals surface area (Å²) in [6, 6.07) is 0. The first-order valence-corrected chi connectivity index (χ1v) is 3.63. The molecule has 0 aliphatic heterocycles. The maximum Gasteiger partial charge on any atom is 0.133 e. The minimum Gasteiger partial charge on any atom is -0.375 e. The molecule has 0 bridgehead atoms. The molecule has 0 saturated heterocycles. The summed E-state index contributed by atoms with van der Waals surface area (Å²) in [6.07, 6.45) is 4.39. The minimum atomic E-state index is -0.167. The van der Waals surface area contributed by atoms with Crippen molar-refractivity contribution in [2.24, 2.45) is 4.99 Å². The van der Waals surface area contributed by atoms with E-state index in [1.807, 2.05) is 13.0 Å². The van der Waals surface area contributed by atoms with Gasteiger partial charge in [0.25, 0.3) is 0 Å². The molecule has 3 nitrogen and oxygen atoms in total. The van der Waals surface area contributed by atoms with Gasteiger partial charge < -0.3 is 9.84 Å². The van der Waals surface area contributed by atoms with Crippen LogP contribution in [0.15, 0.2) is 17.6 Å². The molecular formula is C8H15NO2. The lowest BCUT2D eigenvalue weighted by Crippen LogP contribution is -2.08. The van der Waals surface area contributed by atoms with Crippen molar-refractivity contribution in [3.05, 3.63) is 12.7 Å². The van der Waals surface area contributed by atoms with E-state index in [4.69, 9.17) is 9.84 Å². The van der Waals surface area contributed by atoms with Crippen molar-refractivity contribution in [2.75, 3.05) is 13.3 Å². The highest BCUT2D eigenvalue weighted by atomic mass is 16.5. The molecule has 11 heavy (non-hydrogen) atoms. The first-order chi connectivity index (χ1) is 5.31. The molecule has 64 valence electrons. The van der Waals surface area contributed by atoms with Gasteiger partial charge in [0.05, 0.1) is 12.7 Å². The second-order valence-corrected chi connectivity index (χ2v) is 2.17. The zero-order valence-electron chi connectivity index (χ0n) is 6.86. The summed E-state index contributed by atoms with van der Waals surface area (Å²) in [7, 11) is 0. The molecule has 0 amide bonds. The smallest absolute Gasteiger partial charge is 0.133 e. The largest absolute Gasteiger partial charge is 0.375 e. The van der Waals surface area contributed by atoms with E-state index in [1.165, 1.54) is 0 Å². The van der Waals surface area contributed by atoms with E-state index in [0.717, 1.165) is 6.42 Å². The third-order valence-electron chi connectivity index (χ3n) is 1.16. The van der Waals surface area contributed by atoms with Crippen LogP contribution in [0.5, 0.6) is 0 Å². The summed E-state index contributed by atoms with van der Waals surface area (Å²) in [6.45, 7) is 5.84. The van der Waals surface area contributed by atoms with Gasteiger partial charge in [-0.1, -0.05) is 6.08 Å². The lowest BCUT2D eigenvalue weighted by atomic mass is 10.3. The van der Waals surface area contributed by atoms with Crippen LogP contribution in [0.1, 0.15) is 13.3 Å². The fourth-order valence-corrected chi connectivity index (χ4v) is 0.620. The summed E-state index contributed by atoms with van der Waals surface area (Å²) < 4.78 is 5.25. The van der Waals surface area contributed by atoms with Crippen LogP contribution in [-0.4, -0.2) is 30.8 Å². The maximum atomic E-state index is 8.27. The monoisotopic (exact) mass is 157 g/mol. The average molecular weight is 157 g/mol. The van der Waals surface area contributed by atoms with Gasteiger partial charge in [-0.15, -0.1) is 6.58 Å². The van der Waals surface area contributed by atoms with E-state index in [0.29, 0.717) is 6.61 Å². The Morgan fingerprint density at radius 3 is 3.00 bits per heavy atom.